The first-order valence-corrected chi connectivity index (χ1v) is 10.3. The summed E-state index contributed by atoms with van der Waals surface area (Å²) in [5, 5.41) is 13.9. The Bertz CT molecular complexity index is 962. The van der Waals surface area contributed by atoms with Gasteiger partial charge < -0.3 is 19.7 Å². The van der Waals surface area contributed by atoms with Gasteiger partial charge in [-0.15, -0.1) is 0 Å². The molecule has 30 heavy (non-hydrogen) atoms. The van der Waals surface area contributed by atoms with Gasteiger partial charge in [0, 0.05) is 37.0 Å². The quantitative estimate of drug-likeness (QED) is 0.581. The zero-order valence-corrected chi connectivity index (χ0v) is 17.0. The predicted octanol–water partition coefficient (Wildman–Crippen LogP) is 2.42. The van der Waals surface area contributed by atoms with Crippen molar-refractivity contribution in [3.63, 3.8) is 0 Å². The molecule has 2 aliphatic rings. The van der Waals surface area contributed by atoms with E-state index in [0.717, 1.165) is 48.4 Å². The van der Waals surface area contributed by atoms with Crippen LogP contribution in [-0.2, 0) is 4.79 Å². The van der Waals surface area contributed by atoms with Crippen LogP contribution in [0, 0.1) is 17.0 Å². The fraction of sp³-hybridized carbons (Fsp3) is 0.409. The lowest BCUT2D eigenvalue weighted by atomic mass is 10.0. The lowest BCUT2D eigenvalue weighted by Gasteiger charge is -2.22. The van der Waals surface area contributed by atoms with Crippen LogP contribution in [0.4, 0.5) is 11.4 Å². The van der Waals surface area contributed by atoms with Gasteiger partial charge in [0.25, 0.3) is 11.6 Å². The number of fused-ring (bicyclic) bond motifs is 1. The van der Waals surface area contributed by atoms with E-state index in [9.17, 15) is 14.9 Å². The Balaban J connectivity index is 1.46. The second-order valence-electron chi connectivity index (χ2n) is 7.84. The molecule has 2 atom stereocenters. The molecule has 1 saturated heterocycles. The monoisotopic (exact) mass is 412 g/mol. The Kier molecular flexibility index (Phi) is 5.85. The molecular weight excluding hydrogens is 386 g/mol. The zero-order valence-electron chi connectivity index (χ0n) is 17.0. The summed E-state index contributed by atoms with van der Waals surface area (Å²) in [5.74, 6) is 1.40. The molecule has 0 spiro atoms. The highest BCUT2D eigenvalue weighted by atomic mass is 16.6. The van der Waals surface area contributed by atoms with Crippen molar-refractivity contribution in [2.75, 3.05) is 31.6 Å². The van der Waals surface area contributed by atoms with Gasteiger partial charge in [-0.25, -0.2) is 0 Å². The van der Waals surface area contributed by atoms with Gasteiger partial charge >= 0.3 is 0 Å². The molecule has 4 rings (SSSR count). The predicted molar refractivity (Wildman–Crippen MR) is 111 cm³/mol. The number of nitrogens with zero attached hydrogens (tertiary/aromatic N) is 1. The molecule has 1 unspecified atom stereocenters. The van der Waals surface area contributed by atoms with Crippen LogP contribution in [0.15, 0.2) is 36.4 Å². The number of nitrogens with one attached hydrogen (secondary N) is 2. The number of nitro benzene ring substituents is 1. The molecule has 2 N–H and O–H groups in total. The summed E-state index contributed by atoms with van der Waals surface area (Å²) in [5.41, 5.74) is 2.39. The number of carbonyl (C=O) groups is 1. The molecule has 2 heterocycles. The largest absolute Gasteiger partial charge is 0.490 e. The van der Waals surface area contributed by atoms with Crippen LogP contribution in [0.2, 0.25) is 0 Å². The molecule has 158 valence electrons. The number of carbonyl (C=O) groups excluding carboxylic acids is 1. The number of quaternary nitrogens is 1. The fourth-order valence-electron chi connectivity index (χ4n) is 4.18. The minimum atomic E-state index is -0.457. The van der Waals surface area contributed by atoms with E-state index in [4.69, 9.17) is 9.47 Å². The standard InChI is InChI=1S/C22H25N3O5/c1-15-5-7-17(25(27)28)13-18(15)23-22(26)14-24-9-2-4-19(24)16-6-8-20-21(12-16)30-11-3-10-29-20/h5-8,12-13,19H,2-4,9-11,14H2,1H3,(H,23,26)/p+1/t19-/m0/s1. The van der Waals surface area contributed by atoms with Gasteiger partial charge in [0.05, 0.1) is 30.4 Å². The number of likely N-dealkylation sites (tertiary alicyclic amines) is 1. The van der Waals surface area contributed by atoms with Crippen LogP contribution in [0.5, 0.6) is 11.5 Å². The third-order valence-electron chi connectivity index (χ3n) is 5.75. The minimum absolute atomic E-state index is 0.0329. The lowest BCUT2D eigenvalue weighted by molar-refractivity contribution is -0.910. The highest BCUT2D eigenvalue weighted by Gasteiger charge is 2.32. The van der Waals surface area contributed by atoms with Crippen LogP contribution in [-0.4, -0.2) is 37.1 Å². The number of benzene rings is 2. The van der Waals surface area contributed by atoms with Crippen molar-refractivity contribution >= 4 is 17.3 Å². The van der Waals surface area contributed by atoms with E-state index < -0.39 is 4.92 Å². The van der Waals surface area contributed by atoms with Gasteiger partial charge in [0.2, 0.25) is 0 Å². The Hall–Kier alpha value is -3.13. The van der Waals surface area contributed by atoms with Gasteiger partial charge in [-0.3, -0.25) is 14.9 Å². The molecule has 0 saturated carbocycles. The Morgan fingerprint density at radius 1 is 1.17 bits per heavy atom. The van der Waals surface area contributed by atoms with Crippen LogP contribution in [0.25, 0.3) is 0 Å². The third kappa shape index (κ3) is 4.38. The molecular formula is C22H26N3O5+. The summed E-state index contributed by atoms with van der Waals surface area (Å²) in [4.78, 5) is 24.5. The SMILES string of the molecule is Cc1ccc([N+](=O)[O-])cc1NC(=O)C[NH+]1CCC[C@H]1c1ccc2c(c1)OCCCO2. The summed E-state index contributed by atoms with van der Waals surface area (Å²) in [6.07, 6.45) is 2.90. The van der Waals surface area contributed by atoms with Crippen LogP contribution >= 0.6 is 0 Å². The van der Waals surface area contributed by atoms with Gasteiger partial charge in [-0.1, -0.05) is 6.07 Å². The molecule has 8 nitrogen and oxygen atoms in total. The van der Waals surface area contributed by atoms with E-state index in [2.05, 4.69) is 11.4 Å². The highest BCUT2D eigenvalue weighted by Crippen LogP contribution is 2.33. The zero-order chi connectivity index (χ0) is 21.1. The molecule has 1 amide bonds. The number of hydrogen-bond acceptors (Lipinski definition) is 5. The topological polar surface area (TPSA) is 95.1 Å². The molecule has 0 aromatic heterocycles. The van der Waals surface area contributed by atoms with Crippen molar-refractivity contribution in [1.29, 1.82) is 0 Å². The number of hydrogen-bond donors (Lipinski definition) is 2. The Morgan fingerprint density at radius 3 is 2.77 bits per heavy atom. The number of ether oxygens (including phenoxy) is 2. The molecule has 2 aliphatic heterocycles. The smallest absolute Gasteiger partial charge is 0.279 e. The van der Waals surface area contributed by atoms with Gasteiger partial charge in [-0.2, -0.15) is 0 Å². The average Bonchev–Trinajstić information content (AvgIpc) is 3.04. The summed E-state index contributed by atoms with van der Waals surface area (Å²) in [6.45, 7) is 4.33. The van der Waals surface area contributed by atoms with Gasteiger partial charge in [0.15, 0.2) is 18.0 Å². The number of nitro groups is 1. The maximum atomic E-state index is 12.7. The van der Waals surface area contributed by atoms with E-state index in [1.807, 2.05) is 19.1 Å². The second kappa shape index (κ2) is 8.71. The van der Waals surface area contributed by atoms with Crippen molar-refractivity contribution in [2.45, 2.75) is 32.2 Å². The number of aryl methyl sites for hydroxylation is 1. The highest BCUT2D eigenvalue weighted by molar-refractivity contribution is 5.92. The normalized spacial score (nSPS) is 20.4. The van der Waals surface area contributed by atoms with Crippen LogP contribution in [0.1, 0.15) is 36.4 Å². The maximum absolute atomic E-state index is 12.7. The van der Waals surface area contributed by atoms with Crippen LogP contribution in [0.3, 0.4) is 0 Å². The van der Waals surface area contributed by atoms with Crippen molar-refractivity contribution in [3.05, 3.63) is 57.6 Å². The molecule has 1 fully saturated rings. The van der Waals surface area contributed by atoms with E-state index in [-0.39, 0.29) is 17.6 Å². The van der Waals surface area contributed by atoms with Gasteiger partial charge in [0.1, 0.15) is 6.04 Å². The number of amides is 1. The summed E-state index contributed by atoms with van der Waals surface area (Å²) >= 11 is 0. The van der Waals surface area contributed by atoms with E-state index in [1.165, 1.54) is 17.0 Å². The van der Waals surface area contributed by atoms with Crippen molar-refractivity contribution in [2.24, 2.45) is 0 Å². The number of rotatable bonds is 5. The second-order valence-corrected chi connectivity index (χ2v) is 7.84. The minimum Gasteiger partial charge on any atom is -0.490 e. The molecule has 2 aromatic rings. The third-order valence-corrected chi connectivity index (χ3v) is 5.75. The summed E-state index contributed by atoms with van der Waals surface area (Å²) in [7, 11) is 0. The van der Waals surface area contributed by atoms with Crippen molar-refractivity contribution in [1.82, 2.24) is 0 Å². The summed E-state index contributed by atoms with van der Waals surface area (Å²) in [6, 6.07) is 10.8. The molecule has 2 aromatic carbocycles. The number of non-ortho nitro benzene ring substituents is 1. The molecule has 0 bridgehead atoms. The Labute approximate surface area is 174 Å². The summed E-state index contributed by atoms with van der Waals surface area (Å²) < 4.78 is 11.5. The van der Waals surface area contributed by atoms with Crippen molar-refractivity contribution in [3.8, 4) is 11.5 Å². The molecule has 0 aliphatic carbocycles. The van der Waals surface area contributed by atoms with Crippen molar-refractivity contribution < 1.29 is 24.1 Å². The average molecular weight is 412 g/mol. The lowest BCUT2D eigenvalue weighted by Crippen LogP contribution is -3.11. The number of anilines is 1. The first-order valence-electron chi connectivity index (χ1n) is 10.3. The van der Waals surface area contributed by atoms with Gasteiger partial charge in [-0.05, 0) is 30.7 Å². The maximum Gasteiger partial charge on any atom is 0.279 e. The van der Waals surface area contributed by atoms with Crippen LogP contribution < -0.4 is 19.7 Å². The van der Waals surface area contributed by atoms with E-state index in [0.29, 0.717) is 25.4 Å². The molecule has 0 radical (unpaired) electrons. The van der Waals surface area contributed by atoms with E-state index in [1.54, 1.807) is 6.07 Å². The molecule has 8 heteroatoms. The first kappa shape index (κ1) is 20.2. The first-order chi connectivity index (χ1) is 14.5. The fourth-order valence-corrected chi connectivity index (χ4v) is 4.18. The Morgan fingerprint density at radius 2 is 1.97 bits per heavy atom. The van der Waals surface area contributed by atoms with E-state index >= 15 is 0 Å².